The predicted molar refractivity (Wildman–Crippen MR) is 70.9 cm³/mol. The molecule has 0 amide bonds. The molecule has 1 aromatic rings. The van der Waals surface area contributed by atoms with Crippen molar-refractivity contribution in [1.82, 2.24) is 0 Å². The molecule has 1 aliphatic carbocycles. The second-order valence-corrected chi connectivity index (χ2v) is 5.29. The molecule has 0 bridgehead atoms. The molecule has 2 N–H and O–H groups in total. The average molecular weight is 247 g/mol. The maximum atomic E-state index is 5.84. The van der Waals surface area contributed by atoms with Gasteiger partial charge in [-0.1, -0.05) is 6.07 Å². The topological polar surface area (TPSA) is 44.5 Å². The van der Waals surface area contributed by atoms with Crippen molar-refractivity contribution >= 4 is 0 Å². The van der Waals surface area contributed by atoms with Crippen LogP contribution in [0.25, 0.3) is 0 Å². The summed E-state index contributed by atoms with van der Waals surface area (Å²) in [5, 5.41) is 0. The Morgan fingerprint density at radius 3 is 2.83 bits per heavy atom. The zero-order valence-electron chi connectivity index (χ0n) is 10.7. The first-order valence-corrected chi connectivity index (χ1v) is 6.95. The highest BCUT2D eigenvalue weighted by Crippen LogP contribution is 2.27. The molecule has 3 nitrogen and oxygen atoms in total. The smallest absolute Gasteiger partial charge is 0.119 e. The molecule has 3 heteroatoms. The van der Waals surface area contributed by atoms with Gasteiger partial charge in [0.2, 0.25) is 0 Å². The van der Waals surface area contributed by atoms with Gasteiger partial charge in [0.25, 0.3) is 0 Å². The van der Waals surface area contributed by atoms with Gasteiger partial charge in [0.15, 0.2) is 0 Å². The standard InChI is InChI=1S/C15H21NO2/c16-9-14-6-7-15(18-14)10-17-13-5-4-11-2-1-3-12(11)8-13/h4-5,8,14-15H,1-3,6-7,9-10,16H2. The molecule has 1 aromatic carbocycles. The highest BCUT2D eigenvalue weighted by atomic mass is 16.5. The van der Waals surface area contributed by atoms with Crippen molar-refractivity contribution in [3.05, 3.63) is 29.3 Å². The first-order chi connectivity index (χ1) is 8.85. The van der Waals surface area contributed by atoms with Crippen LogP contribution in [0.3, 0.4) is 0 Å². The number of fused-ring (bicyclic) bond motifs is 1. The number of nitrogens with two attached hydrogens (primary N) is 1. The minimum atomic E-state index is 0.215. The first kappa shape index (κ1) is 12.0. The molecule has 18 heavy (non-hydrogen) atoms. The van der Waals surface area contributed by atoms with Gasteiger partial charge in [-0.2, -0.15) is 0 Å². The van der Waals surface area contributed by atoms with E-state index in [1.54, 1.807) is 0 Å². The van der Waals surface area contributed by atoms with E-state index in [9.17, 15) is 0 Å². The van der Waals surface area contributed by atoms with Crippen LogP contribution >= 0.6 is 0 Å². The predicted octanol–water partition coefficient (Wildman–Crippen LogP) is 2.06. The lowest BCUT2D eigenvalue weighted by Gasteiger charge is -2.14. The maximum Gasteiger partial charge on any atom is 0.119 e. The van der Waals surface area contributed by atoms with Crippen molar-refractivity contribution in [2.75, 3.05) is 13.2 Å². The quantitative estimate of drug-likeness (QED) is 0.885. The van der Waals surface area contributed by atoms with Gasteiger partial charge in [0.1, 0.15) is 12.4 Å². The van der Waals surface area contributed by atoms with Crippen molar-refractivity contribution in [3.63, 3.8) is 0 Å². The Balaban J connectivity index is 1.54. The Hall–Kier alpha value is -1.06. The van der Waals surface area contributed by atoms with Crippen LogP contribution in [-0.2, 0) is 17.6 Å². The minimum Gasteiger partial charge on any atom is -0.491 e. The Bertz CT molecular complexity index is 419. The third kappa shape index (κ3) is 2.52. The average Bonchev–Trinajstić information content (AvgIpc) is 3.04. The van der Waals surface area contributed by atoms with Crippen molar-refractivity contribution in [1.29, 1.82) is 0 Å². The van der Waals surface area contributed by atoms with E-state index < -0.39 is 0 Å². The number of hydrogen-bond donors (Lipinski definition) is 1. The monoisotopic (exact) mass is 247 g/mol. The number of aryl methyl sites for hydroxylation is 2. The number of hydrogen-bond acceptors (Lipinski definition) is 3. The highest BCUT2D eigenvalue weighted by Gasteiger charge is 2.24. The van der Waals surface area contributed by atoms with E-state index in [4.69, 9.17) is 15.2 Å². The summed E-state index contributed by atoms with van der Waals surface area (Å²) >= 11 is 0. The van der Waals surface area contributed by atoms with E-state index >= 15 is 0 Å². The summed E-state index contributed by atoms with van der Waals surface area (Å²) in [7, 11) is 0. The summed E-state index contributed by atoms with van der Waals surface area (Å²) in [6.07, 6.45) is 6.27. The summed E-state index contributed by atoms with van der Waals surface area (Å²) < 4.78 is 11.6. The molecule has 3 rings (SSSR count). The van der Waals surface area contributed by atoms with E-state index in [0.717, 1.165) is 18.6 Å². The van der Waals surface area contributed by atoms with Crippen molar-refractivity contribution < 1.29 is 9.47 Å². The molecule has 1 aliphatic heterocycles. The molecule has 1 fully saturated rings. The molecule has 0 radical (unpaired) electrons. The van der Waals surface area contributed by atoms with Crippen LogP contribution < -0.4 is 10.5 Å². The second-order valence-electron chi connectivity index (χ2n) is 5.29. The molecule has 98 valence electrons. The Morgan fingerprint density at radius 1 is 1.17 bits per heavy atom. The van der Waals surface area contributed by atoms with Crippen molar-refractivity contribution in [3.8, 4) is 5.75 Å². The Morgan fingerprint density at radius 2 is 2.00 bits per heavy atom. The molecule has 1 heterocycles. The van der Waals surface area contributed by atoms with Gasteiger partial charge < -0.3 is 15.2 Å². The molecule has 2 unspecified atom stereocenters. The van der Waals surface area contributed by atoms with Gasteiger partial charge in [0, 0.05) is 6.54 Å². The lowest BCUT2D eigenvalue weighted by atomic mass is 10.1. The van der Waals surface area contributed by atoms with Gasteiger partial charge in [-0.15, -0.1) is 0 Å². The second kappa shape index (κ2) is 5.29. The van der Waals surface area contributed by atoms with Crippen LogP contribution in [0.15, 0.2) is 18.2 Å². The summed E-state index contributed by atoms with van der Waals surface area (Å²) in [5.41, 5.74) is 8.55. The Labute approximate surface area is 108 Å². The zero-order valence-corrected chi connectivity index (χ0v) is 10.7. The third-order valence-electron chi connectivity index (χ3n) is 3.96. The van der Waals surface area contributed by atoms with Crippen molar-refractivity contribution in [2.45, 2.75) is 44.3 Å². The third-order valence-corrected chi connectivity index (χ3v) is 3.96. The molecular weight excluding hydrogens is 226 g/mol. The Kier molecular flexibility index (Phi) is 3.52. The van der Waals surface area contributed by atoms with Gasteiger partial charge in [-0.25, -0.2) is 0 Å². The molecule has 0 spiro atoms. The van der Waals surface area contributed by atoms with E-state index in [1.807, 2.05) is 0 Å². The number of benzene rings is 1. The maximum absolute atomic E-state index is 5.84. The summed E-state index contributed by atoms with van der Waals surface area (Å²) in [5.74, 6) is 0.982. The summed E-state index contributed by atoms with van der Waals surface area (Å²) in [6.45, 7) is 1.27. The van der Waals surface area contributed by atoms with Crippen LogP contribution in [0.2, 0.25) is 0 Å². The van der Waals surface area contributed by atoms with Crippen LogP contribution in [0, 0.1) is 0 Å². The molecule has 2 atom stereocenters. The van der Waals surface area contributed by atoms with Crippen LogP contribution in [-0.4, -0.2) is 25.4 Å². The number of ether oxygens (including phenoxy) is 2. The van der Waals surface area contributed by atoms with Gasteiger partial charge in [-0.05, 0) is 55.4 Å². The van der Waals surface area contributed by atoms with E-state index in [0.29, 0.717) is 13.2 Å². The summed E-state index contributed by atoms with van der Waals surface area (Å²) in [4.78, 5) is 0. The first-order valence-electron chi connectivity index (χ1n) is 6.95. The normalized spacial score (nSPS) is 26.3. The highest BCUT2D eigenvalue weighted by molar-refractivity contribution is 5.38. The summed E-state index contributed by atoms with van der Waals surface area (Å²) in [6, 6.07) is 6.48. The molecule has 0 aromatic heterocycles. The fraction of sp³-hybridized carbons (Fsp3) is 0.600. The van der Waals surface area contributed by atoms with Gasteiger partial charge in [0.05, 0.1) is 12.2 Å². The number of rotatable bonds is 4. The lowest BCUT2D eigenvalue weighted by molar-refractivity contribution is 0.0222. The lowest BCUT2D eigenvalue weighted by Crippen LogP contribution is -2.23. The van der Waals surface area contributed by atoms with Crippen LogP contribution in [0.4, 0.5) is 0 Å². The minimum absolute atomic E-state index is 0.215. The van der Waals surface area contributed by atoms with Gasteiger partial charge in [-0.3, -0.25) is 0 Å². The fourth-order valence-corrected chi connectivity index (χ4v) is 2.90. The van der Waals surface area contributed by atoms with Gasteiger partial charge >= 0.3 is 0 Å². The van der Waals surface area contributed by atoms with Crippen LogP contribution in [0.5, 0.6) is 5.75 Å². The molecule has 1 saturated heterocycles. The van der Waals surface area contributed by atoms with E-state index in [-0.39, 0.29) is 12.2 Å². The van der Waals surface area contributed by atoms with E-state index in [2.05, 4.69) is 18.2 Å². The fourth-order valence-electron chi connectivity index (χ4n) is 2.90. The molecule has 0 saturated carbocycles. The van der Waals surface area contributed by atoms with Crippen LogP contribution in [0.1, 0.15) is 30.4 Å². The SMILES string of the molecule is NCC1CCC(COc2ccc3c(c2)CCC3)O1. The van der Waals surface area contributed by atoms with E-state index in [1.165, 1.54) is 30.4 Å². The largest absolute Gasteiger partial charge is 0.491 e. The molecular formula is C15H21NO2. The molecule has 2 aliphatic rings. The van der Waals surface area contributed by atoms with Crippen molar-refractivity contribution in [2.24, 2.45) is 5.73 Å². The zero-order chi connectivity index (χ0) is 12.4.